The fraction of sp³-hybridized carbons (Fsp3) is 0.455. The summed E-state index contributed by atoms with van der Waals surface area (Å²) in [4.78, 5) is 19.0. The lowest BCUT2D eigenvalue weighted by Gasteiger charge is -2.27. The second-order valence-electron chi connectivity index (χ2n) is 7.29. The van der Waals surface area contributed by atoms with E-state index in [2.05, 4.69) is 20.5 Å². The number of carbonyl (C=O) groups is 1. The molecular formula is C22H32Cl2N4O2. The minimum atomic E-state index is -0.0229. The molecule has 8 heteroatoms. The number of ether oxygens (including phenoxy) is 1. The Morgan fingerprint density at radius 2 is 1.90 bits per heavy atom. The lowest BCUT2D eigenvalue weighted by molar-refractivity contribution is 0.0951. The number of hydrogen-bond donors (Lipinski definition) is 2. The maximum atomic E-state index is 12.5. The van der Waals surface area contributed by atoms with Gasteiger partial charge >= 0.3 is 0 Å². The summed E-state index contributed by atoms with van der Waals surface area (Å²) in [5, 5.41) is 6.39. The van der Waals surface area contributed by atoms with Crippen molar-refractivity contribution < 1.29 is 9.53 Å². The molecule has 1 amide bonds. The molecule has 0 bridgehead atoms. The van der Waals surface area contributed by atoms with Crippen molar-refractivity contribution >= 4 is 30.7 Å². The van der Waals surface area contributed by atoms with Crippen LogP contribution in [-0.2, 0) is 6.61 Å². The third kappa shape index (κ3) is 7.76. The molecule has 1 saturated heterocycles. The first-order valence-corrected chi connectivity index (χ1v) is 9.97. The molecule has 0 spiro atoms. The van der Waals surface area contributed by atoms with Crippen LogP contribution in [0.3, 0.4) is 0 Å². The third-order valence-corrected chi connectivity index (χ3v) is 4.97. The van der Waals surface area contributed by atoms with Crippen LogP contribution in [0.4, 0.5) is 0 Å². The Labute approximate surface area is 191 Å². The standard InChI is InChI=1S/C22H30N4O2.2ClH/c1-17-13-20(22(27)25-7-4-10-26-11-8-23-9-12-26)14-18(2)21(17)28-16-19-5-3-6-24-15-19;;/h3,5-6,13-15,23H,4,7-12,16H2,1-2H3,(H,25,27);2*1H. The van der Waals surface area contributed by atoms with E-state index >= 15 is 0 Å². The van der Waals surface area contributed by atoms with Crippen molar-refractivity contribution in [2.75, 3.05) is 39.3 Å². The fourth-order valence-electron chi connectivity index (χ4n) is 3.49. The topological polar surface area (TPSA) is 66.5 Å². The van der Waals surface area contributed by atoms with Gasteiger partial charge in [0.2, 0.25) is 0 Å². The molecule has 2 heterocycles. The van der Waals surface area contributed by atoms with Crippen molar-refractivity contribution in [1.82, 2.24) is 20.5 Å². The Bertz CT molecular complexity index is 761. The molecule has 2 aromatic rings. The Balaban J connectivity index is 0.00000225. The van der Waals surface area contributed by atoms with Gasteiger partial charge in [-0.2, -0.15) is 0 Å². The van der Waals surface area contributed by atoms with Crippen LogP contribution in [0, 0.1) is 13.8 Å². The van der Waals surface area contributed by atoms with Crippen LogP contribution in [-0.4, -0.2) is 55.1 Å². The van der Waals surface area contributed by atoms with Gasteiger partial charge in [0, 0.05) is 56.2 Å². The van der Waals surface area contributed by atoms with E-state index in [1.54, 1.807) is 12.4 Å². The van der Waals surface area contributed by atoms with Crippen molar-refractivity contribution in [2.45, 2.75) is 26.9 Å². The number of aromatic nitrogens is 1. The molecule has 6 nitrogen and oxygen atoms in total. The van der Waals surface area contributed by atoms with Crippen molar-refractivity contribution in [2.24, 2.45) is 0 Å². The van der Waals surface area contributed by atoms with Gasteiger partial charge in [-0.15, -0.1) is 24.8 Å². The van der Waals surface area contributed by atoms with Crippen molar-refractivity contribution in [3.8, 4) is 5.75 Å². The molecule has 1 aromatic heterocycles. The third-order valence-electron chi connectivity index (χ3n) is 4.97. The number of pyridine rings is 1. The predicted molar refractivity (Wildman–Crippen MR) is 125 cm³/mol. The van der Waals surface area contributed by atoms with Gasteiger partial charge in [-0.3, -0.25) is 9.78 Å². The number of rotatable bonds is 8. The predicted octanol–water partition coefficient (Wildman–Crippen LogP) is 3.15. The molecule has 0 unspecified atom stereocenters. The summed E-state index contributed by atoms with van der Waals surface area (Å²) in [5.74, 6) is 0.810. The van der Waals surface area contributed by atoms with Gasteiger partial charge < -0.3 is 20.3 Å². The van der Waals surface area contributed by atoms with Crippen LogP contribution >= 0.6 is 24.8 Å². The highest BCUT2D eigenvalue weighted by Crippen LogP contribution is 2.25. The average molecular weight is 455 g/mol. The van der Waals surface area contributed by atoms with Gasteiger partial charge in [0.25, 0.3) is 5.91 Å². The van der Waals surface area contributed by atoms with Crippen LogP contribution in [0.2, 0.25) is 0 Å². The fourth-order valence-corrected chi connectivity index (χ4v) is 3.49. The Morgan fingerprint density at radius 1 is 1.20 bits per heavy atom. The highest BCUT2D eigenvalue weighted by molar-refractivity contribution is 5.94. The molecule has 0 aliphatic carbocycles. The highest BCUT2D eigenvalue weighted by Gasteiger charge is 2.13. The molecule has 30 heavy (non-hydrogen) atoms. The second kappa shape index (κ2) is 13.4. The molecular weight excluding hydrogens is 423 g/mol. The second-order valence-corrected chi connectivity index (χ2v) is 7.29. The SMILES string of the molecule is Cc1cc(C(=O)NCCCN2CCNCC2)cc(C)c1OCc1cccnc1.Cl.Cl. The molecule has 3 rings (SSSR count). The number of hydrogen-bond acceptors (Lipinski definition) is 5. The summed E-state index contributed by atoms with van der Waals surface area (Å²) in [6.45, 7) is 10.4. The quantitative estimate of drug-likeness (QED) is 0.599. The zero-order valence-electron chi connectivity index (χ0n) is 17.6. The van der Waals surface area contributed by atoms with E-state index in [1.165, 1.54) is 0 Å². The number of benzene rings is 1. The summed E-state index contributed by atoms with van der Waals surface area (Å²) in [7, 11) is 0. The number of carbonyl (C=O) groups excluding carboxylic acids is 1. The van der Waals surface area contributed by atoms with Gasteiger partial charge in [-0.25, -0.2) is 0 Å². The largest absolute Gasteiger partial charge is 0.488 e. The first-order chi connectivity index (χ1) is 13.6. The molecule has 0 radical (unpaired) electrons. The van der Waals surface area contributed by atoms with Crippen LogP contribution in [0.25, 0.3) is 0 Å². The summed E-state index contributed by atoms with van der Waals surface area (Å²) >= 11 is 0. The highest BCUT2D eigenvalue weighted by atomic mass is 35.5. The molecule has 2 N–H and O–H groups in total. The van der Waals surface area contributed by atoms with Gasteiger partial charge in [-0.1, -0.05) is 6.07 Å². The molecule has 0 saturated carbocycles. The average Bonchev–Trinajstić information content (AvgIpc) is 2.72. The van der Waals surface area contributed by atoms with Crippen LogP contribution in [0.5, 0.6) is 5.75 Å². The van der Waals surface area contributed by atoms with E-state index in [9.17, 15) is 4.79 Å². The van der Waals surface area contributed by atoms with Crippen LogP contribution in [0.1, 0.15) is 33.5 Å². The van der Waals surface area contributed by atoms with Crippen molar-refractivity contribution in [3.63, 3.8) is 0 Å². The first-order valence-electron chi connectivity index (χ1n) is 9.97. The smallest absolute Gasteiger partial charge is 0.251 e. The van der Waals surface area contributed by atoms with E-state index in [0.717, 1.165) is 61.6 Å². The van der Waals surface area contributed by atoms with E-state index in [0.29, 0.717) is 18.7 Å². The van der Waals surface area contributed by atoms with Gasteiger partial charge in [0.05, 0.1) is 0 Å². The van der Waals surface area contributed by atoms with Crippen molar-refractivity contribution in [1.29, 1.82) is 0 Å². The first kappa shape index (κ1) is 26.2. The maximum absolute atomic E-state index is 12.5. The molecule has 1 aliphatic heterocycles. The van der Waals surface area contributed by atoms with Gasteiger partial charge in [-0.05, 0) is 56.1 Å². The van der Waals surface area contributed by atoms with Crippen LogP contribution < -0.4 is 15.4 Å². The number of halogens is 2. The monoisotopic (exact) mass is 454 g/mol. The lowest BCUT2D eigenvalue weighted by atomic mass is 10.0. The number of aryl methyl sites for hydroxylation is 2. The van der Waals surface area contributed by atoms with Gasteiger partial charge in [0.15, 0.2) is 0 Å². The molecule has 1 aromatic carbocycles. The van der Waals surface area contributed by atoms with Gasteiger partial charge in [0.1, 0.15) is 12.4 Å². The summed E-state index contributed by atoms with van der Waals surface area (Å²) in [6.07, 6.45) is 4.51. The van der Waals surface area contributed by atoms with E-state index in [1.807, 2.05) is 38.1 Å². The zero-order valence-corrected chi connectivity index (χ0v) is 19.3. The summed E-state index contributed by atoms with van der Waals surface area (Å²) < 4.78 is 5.97. The summed E-state index contributed by atoms with van der Waals surface area (Å²) in [5.41, 5.74) is 3.64. The minimum Gasteiger partial charge on any atom is -0.488 e. The minimum absolute atomic E-state index is 0. The lowest BCUT2D eigenvalue weighted by Crippen LogP contribution is -2.44. The van der Waals surface area contributed by atoms with E-state index < -0.39 is 0 Å². The number of amides is 1. The molecule has 1 fully saturated rings. The molecule has 1 aliphatic rings. The maximum Gasteiger partial charge on any atom is 0.251 e. The van der Waals surface area contributed by atoms with Crippen LogP contribution in [0.15, 0.2) is 36.7 Å². The zero-order chi connectivity index (χ0) is 19.8. The van der Waals surface area contributed by atoms with E-state index in [4.69, 9.17) is 4.74 Å². The van der Waals surface area contributed by atoms with Crippen molar-refractivity contribution in [3.05, 3.63) is 58.9 Å². The molecule has 166 valence electrons. The Hall–Kier alpha value is -1.86. The van der Waals surface area contributed by atoms with E-state index in [-0.39, 0.29) is 30.7 Å². The normalized spacial score (nSPS) is 13.7. The Morgan fingerprint density at radius 3 is 2.53 bits per heavy atom. The Kier molecular flexibility index (Phi) is 11.7. The number of piperazine rings is 1. The number of nitrogens with zero attached hydrogens (tertiary/aromatic N) is 2. The molecule has 0 atom stereocenters. The number of nitrogens with one attached hydrogen (secondary N) is 2. The summed E-state index contributed by atoms with van der Waals surface area (Å²) in [6, 6.07) is 7.68.